The normalized spacial score (nSPS) is 14.7. The molecule has 138 valence electrons. The van der Waals surface area contributed by atoms with Crippen molar-refractivity contribution in [3.8, 4) is 0 Å². The van der Waals surface area contributed by atoms with Gasteiger partial charge >= 0.3 is 0 Å². The van der Waals surface area contributed by atoms with Gasteiger partial charge in [0.05, 0.1) is 0 Å². The van der Waals surface area contributed by atoms with Gasteiger partial charge in [0.15, 0.2) is 0 Å². The average molecular weight is 345 g/mol. The van der Waals surface area contributed by atoms with E-state index in [0.717, 1.165) is 31.6 Å². The molecule has 2 N–H and O–H groups in total. The van der Waals surface area contributed by atoms with Gasteiger partial charge in [-0.05, 0) is 56.0 Å². The van der Waals surface area contributed by atoms with Gasteiger partial charge in [0, 0.05) is 31.6 Å². The van der Waals surface area contributed by atoms with Crippen molar-refractivity contribution < 1.29 is 9.59 Å². The third-order valence-electron chi connectivity index (χ3n) is 4.57. The van der Waals surface area contributed by atoms with Crippen LogP contribution in [0.25, 0.3) is 0 Å². The minimum atomic E-state index is -0.0354. The molecule has 0 saturated carbocycles. The molecule has 0 aromatic heterocycles. The minimum absolute atomic E-state index is 0.0354. The van der Waals surface area contributed by atoms with Gasteiger partial charge in [0.25, 0.3) is 5.91 Å². The second-order valence-corrected chi connectivity index (χ2v) is 7.21. The molecule has 1 aromatic carbocycles. The molecule has 0 radical (unpaired) electrons. The highest BCUT2D eigenvalue weighted by molar-refractivity contribution is 5.94. The molecular weight excluding hydrogens is 314 g/mol. The van der Waals surface area contributed by atoms with Gasteiger partial charge < -0.3 is 15.5 Å². The topological polar surface area (TPSA) is 61.4 Å². The molecule has 0 unspecified atom stereocenters. The average Bonchev–Trinajstić information content (AvgIpc) is 3.12. The van der Waals surface area contributed by atoms with Crippen molar-refractivity contribution in [2.75, 3.05) is 26.2 Å². The number of nitrogens with one attached hydrogen (secondary N) is 2. The number of hydrogen-bond acceptors (Lipinski definition) is 3. The Morgan fingerprint density at radius 1 is 1.08 bits per heavy atom. The van der Waals surface area contributed by atoms with E-state index in [1.165, 1.54) is 12.8 Å². The molecule has 0 aliphatic carbocycles. The molecule has 2 amide bonds. The van der Waals surface area contributed by atoms with Gasteiger partial charge in [-0.25, -0.2) is 0 Å². The summed E-state index contributed by atoms with van der Waals surface area (Å²) in [5.41, 5.74) is 1.67. The first-order valence-corrected chi connectivity index (χ1v) is 9.41. The summed E-state index contributed by atoms with van der Waals surface area (Å²) < 4.78 is 0. The van der Waals surface area contributed by atoms with Crippen LogP contribution in [0, 0.1) is 5.92 Å². The lowest BCUT2D eigenvalue weighted by atomic mass is 10.1. The molecule has 0 bridgehead atoms. The van der Waals surface area contributed by atoms with E-state index in [-0.39, 0.29) is 11.8 Å². The molecule has 1 fully saturated rings. The first-order chi connectivity index (χ1) is 12.0. The Labute approximate surface area is 151 Å². The van der Waals surface area contributed by atoms with Crippen molar-refractivity contribution in [1.82, 2.24) is 15.5 Å². The number of carbonyl (C=O) groups excluding carboxylic acids is 2. The Morgan fingerprint density at radius 2 is 1.76 bits per heavy atom. The number of benzene rings is 1. The largest absolute Gasteiger partial charge is 0.352 e. The lowest BCUT2D eigenvalue weighted by Gasteiger charge is -2.14. The molecule has 0 atom stereocenters. The lowest BCUT2D eigenvalue weighted by Crippen LogP contribution is -2.33. The SMILES string of the molecule is CC(C)CCC(=O)NCc1ccc(C(=O)NCCN2CCCC2)cc1. The van der Waals surface area contributed by atoms with Crippen LogP contribution < -0.4 is 10.6 Å². The van der Waals surface area contributed by atoms with Crippen LogP contribution >= 0.6 is 0 Å². The number of hydrogen-bond donors (Lipinski definition) is 2. The fourth-order valence-corrected chi connectivity index (χ4v) is 2.92. The summed E-state index contributed by atoms with van der Waals surface area (Å²) in [4.78, 5) is 26.3. The first kappa shape index (κ1) is 19.4. The summed E-state index contributed by atoms with van der Waals surface area (Å²) in [7, 11) is 0. The van der Waals surface area contributed by atoms with E-state index in [4.69, 9.17) is 0 Å². The summed E-state index contributed by atoms with van der Waals surface area (Å²) in [6, 6.07) is 7.44. The van der Waals surface area contributed by atoms with E-state index in [1.807, 2.05) is 24.3 Å². The van der Waals surface area contributed by atoms with E-state index < -0.39 is 0 Å². The van der Waals surface area contributed by atoms with Crippen molar-refractivity contribution in [3.05, 3.63) is 35.4 Å². The number of likely N-dealkylation sites (tertiary alicyclic amines) is 1. The quantitative estimate of drug-likeness (QED) is 0.723. The number of nitrogens with zero attached hydrogens (tertiary/aromatic N) is 1. The van der Waals surface area contributed by atoms with Crippen LogP contribution in [0.15, 0.2) is 24.3 Å². The lowest BCUT2D eigenvalue weighted by molar-refractivity contribution is -0.121. The van der Waals surface area contributed by atoms with Crippen molar-refractivity contribution >= 4 is 11.8 Å². The molecule has 1 saturated heterocycles. The van der Waals surface area contributed by atoms with E-state index in [1.54, 1.807) is 0 Å². The zero-order valence-electron chi connectivity index (χ0n) is 15.5. The Morgan fingerprint density at radius 3 is 2.40 bits per heavy atom. The Bertz CT molecular complexity index is 549. The van der Waals surface area contributed by atoms with Gasteiger partial charge in [0.2, 0.25) is 5.91 Å². The van der Waals surface area contributed by atoms with Crippen LogP contribution in [-0.4, -0.2) is 42.9 Å². The van der Waals surface area contributed by atoms with Crippen LogP contribution in [0.1, 0.15) is 55.5 Å². The number of rotatable bonds is 9. The Kier molecular flexibility index (Phi) is 7.92. The highest BCUT2D eigenvalue weighted by atomic mass is 16.2. The Balaban J connectivity index is 1.69. The molecule has 1 aliphatic heterocycles. The maximum Gasteiger partial charge on any atom is 0.251 e. The third-order valence-corrected chi connectivity index (χ3v) is 4.57. The van der Waals surface area contributed by atoms with Crippen LogP contribution in [0.4, 0.5) is 0 Å². The van der Waals surface area contributed by atoms with E-state index in [9.17, 15) is 9.59 Å². The number of amides is 2. The van der Waals surface area contributed by atoms with Crippen molar-refractivity contribution in [1.29, 1.82) is 0 Å². The smallest absolute Gasteiger partial charge is 0.251 e. The van der Waals surface area contributed by atoms with Crippen LogP contribution in [-0.2, 0) is 11.3 Å². The van der Waals surface area contributed by atoms with Crippen molar-refractivity contribution in [2.24, 2.45) is 5.92 Å². The zero-order valence-corrected chi connectivity index (χ0v) is 15.5. The van der Waals surface area contributed by atoms with Crippen molar-refractivity contribution in [2.45, 2.75) is 46.1 Å². The summed E-state index contributed by atoms with van der Waals surface area (Å²) in [5, 5.41) is 5.90. The van der Waals surface area contributed by atoms with E-state index >= 15 is 0 Å². The maximum atomic E-state index is 12.1. The standard InChI is InChI=1S/C20H31N3O2/c1-16(2)5-10-19(24)22-15-17-6-8-18(9-7-17)20(25)21-11-14-23-12-3-4-13-23/h6-9,16H,3-5,10-15H2,1-2H3,(H,21,25)(H,22,24). The molecule has 2 rings (SSSR count). The molecule has 1 aromatic rings. The zero-order chi connectivity index (χ0) is 18.1. The molecule has 1 heterocycles. The van der Waals surface area contributed by atoms with Gasteiger partial charge in [-0.2, -0.15) is 0 Å². The predicted molar refractivity (Wildman–Crippen MR) is 100 cm³/mol. The van der Waals surface area contributed by atoms with Gasteiger partial charge in [-0.1, -0.05) is 26.0 Å². The second-order valence-electron chi connectivity index (χ2n) is 7.21. The van der Waals surface area contributed by atoms with Gasteiger partial charge in [-0.15, -0.1) is 0 Å². The predicted octanol–water partition coefficient (Wildman–Crippen LogP) is 2.56. The van der Waals surface area contributed by atoms with Crippen LogP contribution in [0.2, 0.25) is 0 Å². The third kappa shape index (κ3) is 7.26. The van der Waals surface area contributed by atoms with Gasteiger partial charge in [-0.3, -0.25) is 9.59 Å². The molecule has 5 heteroatoms. The fraction of sp³-hybridized carbons (Fsp3) is 0.600. The highest BCUT2D eigenvalue weighted by Crippen LogP contribution is 2.07. The molecule has 5 nitrogen and oxygen atoms in total. The molecular formula is C20H31N3O2. The monoisotopic (exact) mass is 345 g/mol. The summed E-state index contributed by atoms with van der Waals surface area (Å²) in [5.74, 6) is 0.582. The summed E-state index contributed by atoms with van der Waals surface area (Å²) >= 11 is 0. The van der Waals surface area contributed by atoms with Crippen LogP contribution in [0.3, 0.4) is 0 Å². The van der Waals surface area contributed by atoms with Gasteiger partial charge in [0.1, 0.15) is 0 Å². The second kappa shape index (κ2) is 10.2. The Hall–Kier alpha value is -1.88. The fourth-order valence-electron chi connectivity index (χ4n) is 2.92. The number of carbonyl (C=O) groups is 2. The summed E-state index contributed by atoms with van der Waals surface area (Å²) in [6.07, 6.45) is 4.00. The van der Waals surface area contributed by atoms with Crippen molar-refractivity contribution in [3.63, 3.8) is 0 Å². The maximum absolute atomic E-state index is 12.1. The molecule has 1 aliphatic rings. The molecule has 25 heavy (non-hydrogen) atoms. The minimum Gasteiger partial charge on any atom is -0.352 e. The summed E-state index contributed by atoms with van der Waals surface area (Å²) in [6.45, 7) is 8.64. The first-order valence-electron chi connectivity index (χ1n) is 9.41. The highest BCUT2D eigenvalue weighted by Gasteiger charge is 2.11. The molecule has 0 spiro atoms. The van der Waals surface area contributed by atoms with E-state index in [2.05, 4.69) is 29.4 Å². The van der Waals surface area contributed by atoms with E-state index in [0.29, 0.717) is 31.0 Å². The van der Waals surface area contributed by atoms with Crippen LogP contribution in [0.5, 0.6) is 0 Å².